The minimum atomic E-state index is -0.367. The van der Waals surface area contributed by atoms with Crippen LogP contribution in [-0.2, 0) is 11.3 Å². The second kappa shape index (κ2) is 7.97. The Hall–Kier alpha value is -3.25. The number of nitrogens with zero attached hydrogens (tertiary/aromatic N) is 2. The lowest BCUT2D eigenvalue weighted by Crippen LogP contribution is -2.27. The van der Waals surface area contributed by atoms with Gasteiger partial charge >= 0.3 is 0 Å². The van der Waals surface area contributed by atoms with Crippen molar-refractivity contribution in [2.75, 3.05) is 5.32 Å². The van der Waals surface area contributed by atoms with Gasteiger partial charge in [0.1, 0.15) is 6.54 Å². The van der Waals surface area contributed by atoms with Gasteiger partial charge in [-0.15, -0.1) is 0 Å². The molecule has 3 rings (SSSR count). The number of rotatable bonds is 5. The molecule has 1 N–H and O–H groups in total. The fourth-order valence-corrected chi connectivity index (χ4v) is 2.59. The minimum absolute atomic E-state index is 0.0497. The Bertz CT molecular complexity index is 1040. The first kappa shape index (κ1) is 18.5. The fraction of sp³-hybridized carbons (Fsp3) is 0.100. The average Bonchev–Trinajstić information content (AvgIpc) is 2.64. The second-order valence-electron chi connectivity index (χ2n) is 5.93. The maximum Gasteiger partial charge on any atom is 0.254 e. The number of nitrogens with one attached hydrogen (secondary N) is 1. The van der Waals surface area contributed by atoms with Crippen LogP contribution in [0.15, 0.2) is 65.7 Å². The van der Waals surface area contributed by atoms with Crippen molar-refractivity contribution in [1.29, 1.82) is 0 Å². The van der Waals surface area contributed by atoms with Gasteiger partial charge in [0.05, 0.1) is 12.0 Å². The summed E-state index contributed by atoms with van der Waals surface area (Å²) in [5.41, 5.74) is 2.04. The van der Waals surface area contributed by atoms with Crippen LogP contribution in [0.25, 0.3) is 11.3 Å². The Labute approximate surface area is 160 Å². The molecule has 7 heteroatoms. The van der Waals surface area contributed by atoms with Crippen LogP contribution in [0.4, 0.5) is 5.69 Å². The molecule has 0 aliphatic heterocycles. The van der Waals surface area contributed by atoms with Crippen molar-refractivity contribution in [1.82, 2.24) is 9.55 Å². The van der Waals surface area contributed by atoms with E-state index in [9.17, 15) is 14.4 Å². The van der Waals surface area contributed by atoms with E-state index in [0.717, 1.165) is 5.56 Å². The van der Waals surface area contributed by atoms with Gasteiger partial charge in [-0.25, -0.2) is 4.98 Å². The standard InChI is InChI=1S/C20H16ClN3O3/c1-13(25)14-4-8-17(9-5-14)23-19(26)11-24-12-22-18(10-20(24)27)15-2-6-16(21)7-3-15/h2-10,12H,11H2,1H3,(H,23,26). The van der Waals surface area contributed by atoms with E-state index in [0.29, 0.717) is 22.0 Å². The van der Waals surface area contributed by atoms with Crippen molar-refractivity contribution >= 4 is 29.0 Å². The molecule has 27 heavy (non-hydrogen) atoms. The van der Waals surface area contributed by atoms with Crippen molar-refractivity contribution in [3.8, 4) is 11.3 Å². The molecule has 1 heterocycles. The van der Waals surface area contributed by atoms with E-state index in [4.69, 9.17) is 11.6 Å². The highest BCUT2D eigenvalue weighted by molar-refractivity contribution is 6.30. The molecule has 0 saturated heterocycles. The number of halogens is 1. The normalized spacial score (nSPS) is 10.4. The summed E-state index contributed by atoms with van der Waals surface area (Å²) in [7, 11) is 0. The van der Waals surface area contributed by atoms with Crippen LogP contribution in [0.3, 0.4) is 0 Å². The van der Waals surface area contributed by atoms with E-state index in [-0.39, 0.29) is 23.8 Å². The summed E-state index contributed by atoms with van der Waals surface area (Å²) in [6.45, 7) is 1.31. The molecule has 0 spiro atoms. The quantitative estimate of drug-likeness (QED) is 0.687. The van der Waals surface area contributed by atoms with Crippen molar-refractivity contribution in [3.05, 3.63) is 81.9 Å². The van der Waals surface area contributed by atoms with Gasteiger partial charge in [0, 0.05) is 27.9 Å². The molecule has 2 aromatic carbocycles. The van der Waals surface area contributed by atoms with Crippen LogP contribution >= 0.6 is 11.6 Å². The Morgan fingerprint density at radius 3 is 2.33 bits per heavy atom. The van der Waals surface area contributed by atoms with Crippen LogP contribution in [0.5, 0.6) is 0 Å². The number of ketones is 1. The van der Waals surface area contributed by atoms with E-state index in [1.54, 1.807) is 48.5 Å². The highest BCUT2D eigenvalue weighted by atomic mass is 35.5. The topological polar surface area (TPSA) is 81.1 Å². The molecule has 0 unspecified atom stereocenters. The zero-order valence-corrected chi connectivity index (χ0v) is 15.2. The highest BCUT2D eigenvalue weighted by Gasteiger charge is 2.08. The zero-order valence-electron chi connectivity index (χ0n) is 14.5. The fourth-order valence-electron chi connectivity index (χ4n) is 2.47. The van der Waals surface area contributed by atoms with Gasteiger partial charge in [-0.2, -0.15) is 0 Å². The third kappa shape index (κ3) is 4.68. The number of benzene rings is 2. The molecule has 0 aliphatic carbocycles. The van der Waals surface area contributed by atoms with Gasteiger partial charge < -0.3 is 5.32 Å². The number of anilines is 1. The summed E-state index contributed by atoms with van der Waals surface area (Å²) in [6, 6.07) is 14.9. The van der Waals surface area contributed by atoms with E-state index in [1.807, 2.05) is 0 Å². The van der Waals surface area contributed by atoms with Gasteiger partial charge in [-0.1, -0.05) is 23.7 Å². The van der Waals surface area contributed by atoms with Crippen LogP contribution in [0.1, 0.15) is 17.3 Å². The van der Waals surface area contributed by atoms with E-state index in [2.05, 4.69) is 10.3 Å². The number of Topliss-reactive ketones (excluding diaryl/α,β-unsaturated/α-hetero) is 1. The van der Waals surface area contributed by atoms with Crippen LogP contribution in [-0.4, -0.2) is 21.2 Å². The van der Waals surface area contributed by atoms with Gasteiger partial charge in [0.25, 0.3) is 5.56 Å². The smallest absolute Gasteiger partial charge is 0.254 e. The summed E-state index contributed by atoms with van der Waals surface area (Å²) < 4.78 is 1.22. The second-order valence-corrected chi connectivity index (χ2v) is 6.37. The Balaban J connectivity index is 1.69. The van der Waals surface area contributed by atoms with Crippen molar-refractivity contribution in [2.24, 2.45) is 0 Å². The lowest BCUT2D eigenvalue weighted by Gasteiger charge is -2.08. The lowest BCUT2D eigenvalue weighted by atomic mass is 10.1. The van der Waals surface area contributed by atoms with E-state index < -0.39 is 0 Å². The van der Waals surface area contributed by atoms with E-state index in [1.165, 1.54) is 23.9 Å². The molecule has 0 aliphatic rings. The van der Waals surface area contributed by atoms with Crippen molar-refractivity contribution < 1.29 is 9.59 Å². The molecule has 6 nitrogen and oxygen atoms in total. The third-order valence-corrected chi connectivity index (χ3v) is 4.16. The molecule has 0 bridgehead atoms. The summed E-state index contributed by atoms with van der Waals surface area (Å²) >= 11 is 5.86. The summed E-state index contributed by atoms with van der Waals surface area (Å²) in [5, 5.41) is 3.28. The van der Waals surface area contributed by atoms with Crippen LogP contribution < -0.4 is 10.9 Å². The number of carbonyl (C=O) groups excluding carboxylic acids is 2. The van der Waals surface area contributed by atoms with Crippen LogP contribution in [0.2, 0.25) is 5.02 Å². The first-order chi connectivity index (χ1) is 12.9. The van der Waals surface area contributed by atoms with Crippen molar-refractivity contribution in [2.45, 2.75) is 13.5 Å². The molecule has 136 valence electrons. The minimum Gasteiger partial charge on any atom is -0.325 e. The maximum absolute atomic E-state index is 12.3. The Kier molecular flexibility index (Phi) is 5.47. The molecule has 0 fully saturated rings. The SMILES string of the molecule is CC(=O)c1ccc(NC(=O)Cn2cnc(-c3ccc(Cl)cc3)cc2=O)cc1. The largest absolute Gasteiger partial charge is 0.325 e. The molecule has 0 atom stereocenters. The monoisotopic (exact) mass is 381 g/mol. The number of aromatic nitrogens is 2. The predicted molar refractivity (Wildman–Crippen MR) is 104 cm³/mol. The summed E-state index contributed by atoms with van der Waals surface area (Å²) in [5.74, 6) is -0.417. The number of hydrogen-bond donors (Lipinski definition) is 1. The summed E-state index contributed by atoms with van der Waals surface area (Å²) in [4.78, 5) is 39.9. The molecular weight excluding hydrogens is 366 g/mol. The van der Waals surface area contributed by atoms with Gasteiger partial charge in [0.2, 0.25) is 5.91 Å². The lowest BCUT2D eigenvalue weighted by molar-refractivity contribution is -0.116. The molecule has 0 radical (unpaired) electrons. The molecule has 0 saturated carbocycles. The number of carbonyl (C=O) groups is 2. The highest BCUT2D eigenvalue weighted by Crippen LogP contribution is 2.18. The maximum atomic E-state index is 12.3. The van der Waals surface area contributed by atoms with Crippen LogP contribution in [0, 0.1) is 0 Å². The Morgan fingerprint density at radius 1 is 1.07 bits per heavy atom. The van der Waals surface area contributed by atoms with Gasteiger partial charge in [-0.05, 0) is 43.3 Å². The summed E-state index contributed by atoms with van der Waals surface area (Å²) in [6.07, 6.45) is 1.34. The molecular formula is C20H16ClN3O3. The van der Waals surface area contributed by atoms with Gasteiger partial charge in [0.15, 0.2) is 5.78 Å². The first-order valence-corrected chi connectivity index (χ1v) is 8.53. The van der Waals surface area contributed by atoms with Gasteiger partial charge in [-0.3, -0.25) is 19.0 Å². The number of hydrogen-bond acceptors (Lipinski definition) is 4. The molecule has 1 aromatic heterocycles. The Morgan fingerprint density at radius 2 is 1.74 bits per heavy atom. The zero-order chi connectivity index (χ0) is 19.4. The van der Waals surface area contributed by atoms with E-state index >= 15 is 0 Å². The third-order valence-electron chi connectivity index (χ3n) is 3.91. The molecule has 3 aromatic rings. The number of amides is 1. The predicted octanol–water partition coefficient (Wildman–Crippen LogP) is 3.41. The van der Waals surface area contributed by atoms with Crippen molar-refractivity contribution in [3.63, 3.8) is 0 Å². The first-order valence-electron chi connectivity index (χ1n) is 8.15. The molecule has 1 amide bonds. The average molecular weight is 382 g/mol.